The van der Waals surface area contributed by atoms with Gasteiger partial charge in [0.1, 0.15) is 5.57 Å². The molecule has 0 heterocycles. The Kier molecular flexibility index (Phi) is 5.92. The van der Waals surface area contributed by atoms with Gasteiger partial charge in [-0.1, -0.05) is 0 Å². The quantitative estimate of drug-likeness (QED) is 0.485. The van der Waals surface area contributed by atoms with Gasteiger partial charge in [-0.15, -0.1) is 0 Å². The van der Waals surface area contributed by atoms with Crippen LogP contribution in [-0.4, -0.2) is 35.4 Å². The summed E-state index contributed by atoms with van der Waals surface area (Å²) in [5.74, 6) is -2.83. The number of hydrogen-bond acceptors (Lipinski definition) is 4. The first-order valence-corrected chi connectivity index (χ1v) is 4.46. The van der Waals surface area contributed by atoms with Gasteiger partial charge in [-0.3, -0.25) is 4.79 Å². The van der Waals surface area contributed by atoms with Gasteiger partial charge in [0.05, 0.1) is 19.6 Å². The van der Waals surface area contributed by atoms with Crippen LogP contribution in [0.2, 0.25) is 0 Å². The van der Waals surface area contributed by atoms with E-state index in [0.29, 0.717) is 0 Å². The Morgan fingerprint density at radius 1 is 1.07 bits per heavy atom. The summed E-state index contributed by atoms with van der Waals surface area (Å²) in [6.45, 7) is 3.73. The standard InChI is InChI=1S/C9H14O6/c1-3-14-9(15-4-2)6(8(12)13)5-7(10)11/h3-5H2,1-2H3,(H,10,11)(H,12,13). The predicted octanol–water partition coefficient (Wildman–Crippen LogP) is 0.830. The highest BCUT2D eigenvalue weighted by molar-refractivity contribution is 5.92. The third-order valence-electron chi connectivity index (χ3n) is 1.38. The van der Waals surface area contributed by atoms with Crippen LogP contribution in [0.3, 0.4) is 0 Å². The molecule has 0 bridgehead atoms. The van der Waals surface area contributed by atoms with E-state index in [1.807, 2.05) is 0 Å². The van der Waals surface area contributed by atoms with Gasteiger partial charge in [-0.05, 0) is 13.8 Å². The number of hydrogen-bond donors (Lipinski definition) is 2. The zero-order chi connectivity index (χ0) is 11.8. The highest BCUT2D eigenvalue weighted by atomic mass is 16.7. The molecule has 6 heteroatoms. The van der Waals surface area contributed by atoms with Gasteiger partial charge in [0, 0.05) is 0 Å². The smallest absolute Gasteiger partial charge is 0.339 e. The Balaban J connectivity index is 4.94. The van der Waals surface area contributed by atoms with Gasteiger partial charge in [0.2, 0.25) is 0 Å². The van der Waals surface area contributed by atoms with E-state index in [0.717, 1.165) is 0 Å². The number of ether oxygens (including phenoxy) is 2. The Hall–Kier alpha value is -1.72. The summed E-state index contributed by atoms with van der Waals surface area (Å²) in [6.07, 6.45) is -0.634. The third kappa shape index (κ3) is 4.90. The summed E-state index contributed by atoms with van der Waals surface area (Å²) in [4.78, 5) is 21.2. The molecule has 0 aromatic carbocycles. The summed E-state index contributed by atoms with van der Waals surface area (Å²) in [5.41, 5.74) is -0.383. The molecule has 0 fully saturated rings. The lowest BCUT2D eigenvalue weighted by atomic mass is 10.2. The van der Waals surface area contributed by atoms with Crippen molar-refractivity contribution in [2.75, 3.05) is 13.2 Å². The second-order valence-electron chi connectivity index (χ2n) is 2.51. The van der Waals surface area contributed by atoms with E-state index in [-0.39, 0.29) is 24.7 Å². The Labute approximate surface area is 87.1 Å². The molecule has 0 aromatic heterocycles. The summed E-state index contributed by atoms with van der Waals surface area (Å²) < 4.78 is 9.84. The van der Waals surface area contributed by atoms with Gasteiger partial charge in [0.25, 0.3) is 5.95 Å². The molecule has 0 atom stereocenters. The van der Waals surface area contributed by atoms with Crippen LogP contribution in [0.4, 0.5) is 0 Å². The predicted molar refractivity (Wildman–Crippen MR) is 50.2 cm³/mol. The van der Waals surface area contributed by atoms with Crippen molar-refractivity contribution in [3.8, 4) is 0 Å². The average molecular weight is 218 g/mol. The molecular weight excluding hydrogens is 204 g/mol. The highest BCUT2D eigenvalue weighted by Gasteiger charge is 2.20. The molecule has 86 valence electrons. The number of aliphatic carboxylic acids is 2. The lowest BCUT2D eigenvalue weighted by Crippen LogP contribution is -2.13. The van der Waals surface area contributed by atoms with Crippen molar-refractivity contribution in [3.63, 3.8) is 0 Å². The third-order valence-corrected chi connectivity index (χ3v) is 1.38. The lowest BCUT2D eigenvalue weighted by Gasteiger charge is -2.11. The maximum Gasteiger partial charge on any atom is 0.339 e. The first-order valence-electron chi connectivity index (χ1n) is 4.46. The fourth-order valence-electron chi connectivity index (χ4n) is 0.864. The zero-order valence-electron chi connectivity index (χ0n) is 8.65. The van der Waals surface area contributed by atoms with Crippen molar-refractivity contribution < 1.29 is 29.3 Å². The van der Waals surface area contributed by atoms with Crippen molar-refractivity contribution in [1.29, 1.82) is 0 Å². The topological polar surface area (TPSA) is 93.1 Å². The van der Waals surface area contributed by atoms with Crippen molar-refractivity contribution >= 4 is 11.9 Å². The molecule has 0 amide bonds. The van der Waals surface area contributed by atoms with Crippen molar-refractivity contribution in [2.24, 2.45) is 0 Å². The van der Waals surface area contributed by atoms with E-state index in [2.05, 4.69) is 0 Å². The minimum atomic E-state index is -1.35. The Morgan fingerprint density at radius 2 is 1.53 bits per heavy atom. The van der Waals surface area contributed by atoms with Crippen LogP contribution < -0.4 is 0 Å². The van der Waals surface area contributed by atoms with Crippen molar-refractivity contribution in [1.82, 2.24) is 0 Å². The van der Waals surface area contributed by atoms with Gasteiger partial charge < -0.3 is 19.7 Å². The van der Waals surface area contributed by atoms with Crippen LogP contribution in [0.1, 0.15) is 20.3 Å². The molecule has 0 unspecified atom stereocenters. The molecule has 0 radical (unpaired) electrons. The van der Waals surface area contributed by atoms with E-state index in [1.165, 1.54) is 0 Å². The molecule has 0 saturated heterocycles. The van der Waals surface area contributed by atoms with E-state index in [9.17, 15) is 9.59 Å². The van der Waals surface area contributed by atoms with Gasteiger partial charge >= 0.3 is 11.9 Å². The summed E-state index contributed by atoms with van der Waals surface area (Å²) in [6, 6.07) is 0. The highest BCUT2D eigenvalue weighted by Crippen LogP contribution is 2.12. The second-order valence-corrected chi connectivity index (χ2v) is 2.51. The molecule has 0 aromatic rings. The number of carboxylic acids is 2. The minimum Gasteiger partial charge on any atom is -0.481 e. The lowest BCUT2D eigenvalue weighted by molar-refractivity contribution is -0.140. The van der Waals surface area contributed by atoms with Crippen molar-refractivity contribution in [3.05, 3.63) is 11.5 Å². The summed E-state index contributed by atoms with van der Waals surface area (Å²) in [5, 5.41) is 17.3. The molecule has 0 rings (SSSR count). The summed E-state index contributed by atoms with van der Waals surface area (Å²) >= 11 is 0. The van der Waals surface area contributed by atoms with Gasteiger partial charge in [-0.2, -0.15) is 0 Å². The number of carboxylic acid groups (broad SMARTS) is 2. The van der Waals surface area contributed by atoms with Crippen LogP contribution >= 0.6 is 0 Å². The maximum absolute atomic E-state index is 10.7. The maximum atomic E-state index is 10.7. The van der Waals surface area contributed by atoms with E-state index < -0.39 is 18.4 Å². The molecule has 0 aliphatic rings. The fourth-order valence-corrected chi connectivity index (χ4v) is 0.864. The first kappa shape index (κ1) is 13.3. The molecule has 0 spiro atoms. The van der Waals surface area contributed by atoms with E-state index in [1.54, 1.807) is 13.8 Å². The molecular formula is C9H14O6. The molecule has 0 saturated carbocycles. The first-order chi connectivity index (χ1) is 7.02. The Morgan fingerprint density at radius 3 is 1.80 bits per heavy atom. The van der Waals surface area contributed by atoms with Gasteiger partial charge in [-0.25, -0.2) is 4.79 Å². The minimum absolute atomic E-state index is 0.214. The van der Waals surface area contributed by atoms with Crippen LogP contribution in [0.15, 0.2) is 11.5 Å². The van der Waals surface area contributed by atoms with Crippen LogP contribution in [0, 0.1) is 0 Å². The van der Waals surface area contributed by atoms with E-state index >= 15 is 0 Å². The fraction of sp³-hybridized carbons (Fsp3) is 0.556. The molecule has 2 N–H and O–H groups in total. The molecule has 15 heavy (non-hydrogen) atoms. The molecule has 0 aliphatic heterocycles. The molecule has 6 nitrogen and oxygen atoms in total. The largest absolute Gasteiger partial charge is 0.481 e. The second kappa shape index (κ2) is 6.69. The van der Waals surface area contributed by atoms with Crippen LogP contribution in [0.25, 0.3) is 0 Å². The SMILES string of the molecule is CCOC(OCC)=C(CC(=O)O)C(=O)O. The number of rotatable bonds is 7. The summed E-state index contributed by atoms with van der Waals surface area (Å²) in [7, 11) is 0. The average Bonchev–Trinajstić information content (AvgIpc) is 2.13. The zero-order valence-corrected chi connectivity index (χ0v) is 8.65. The van der Waals surface area contributed by atoms with Crippen LogP contribution in [-0.2, 0) is 19.1 Å². The Bertz CT molecular complexity index is 260. The van der Waals surface area contributed by atoms with Crippen molar-refractivity contribution in [2.45, 2.75) is 20.3 Å². The monoisotopic (exact) mass is 218 g/mol. The van der Waals surface area contributed by atoms with E-state index in [4.69, 9.17) is 19.7 Å². The van der Waals surface area contributed by atoms with Crippen LogP contribution in [0.5, 0.6) is 0 Å². The molecule has 0 aliphatic carbocycles. The normalized spacial score (nSPS) is 9.20. The van der Waals surface area contributed by atoms with Gasteiger partial charge in [0.15, 0.2) is 0 Å². The number of carbonyl (C=O) groups is 2.